The first-order valence-electron chi connectivity index (χ1n) is 11.4. The number of urea groups is 2. The minimum atomic E-state index is -0.205. The quantitative estimate of drug-likeness (QED) is 0.254. The summed E-state index contributed by atoms with van der Waals surface area (Å²) in [6.45, 7) is 10.8. The minimum Gasteiger partial charge on any atom is -0.338 e. The van der Waals surface area contributed by atoms with Crippen molar-refractivity contribution in [2.24, 2.45) is 11.8 Å². The van der Waals surface area contributed by atoms with Crippen molar-refractivity contribution in [2.75, 3.05) is 26.2 Å². The summed E-state index contributed by atoms with van der Waals surface area (Å²) in [7, 11) is 0. The molecule has 0 aliphatic carbocycles. The maximum Gasteiger partial charge on any atom is 0.315 e. The van der Waals surface area contributed by atoms with Crippen LogP contribution in [0.5, 0.6) is 0 Å². The molecule has 170 valence electrons. The number of hydrogen-bond acceptors (Lipinski definition) is 2. The highest BCUT2D eigenvalue weighted by Gasteiger charge is 1.99. The van der Waals surface area contributed by atoms with E-state index in [1.165, 1.54) is 25.7 Å². The molecule has 4 N–H and O–H groups in total. The fraction of sp³-hybridized carbons (Fsp3) is 0.750. The molecule has 0 aromatic rings. The molecule has 0 aromatic heterocycles. The van der Waals surface area contributed by atoms with Crippen molar-refractivity contribution >= 4 is 12.1 Å². The second-order valence-corrected chi connectivity index (χ2v) is 8.31. The Morgan fingerprint density at radius 1 is 0.600 bits per heavy atom. The number of nitrogens with one attached hydrogen (secondary N) is 4. The van der Waals surface area contributed by atoms with Gasteiger partial charge in [0.15, 0.2) is 0 Å². The van der Waals surface area contributed by atoms with Crippen molar-refractivity contribution in [3.8, 4) is 23.7 Å². The maximum absolute atomic E-state index is 11.6. The second kappa shape index (κ2) is 20.0. The van der Waals surface area contributed by atoms with E-state index in [4.69, 9.17) is 0 Å². The first kappa shape index (κ1) is 27.7. The summed E-state index contributed by atoms with van der Waals surface area (Å²) in [5.74, 6) is 12.3. The summed E-state index contributed by atoms with van der Waals surface area (Å²) in [6.07, 6.45) is 9.16. The number of carbonyl (C=O) groups excluding carboxylic acids is 2. The Labute approximate surface area is 184 Å². The molecule has 0 rings (SSSR count). The predicted molar refractivity (Wildman–Crippen MR) is 125 cm³/mol. The van der Waals surface area contributed by atoms with Crippen molar-refractivity contribution in [3.63, 3.8) is 0 Å². The monoisotopic (exact) mass is 418 g/mol. The molecule has 0 radical (unpaired) electrons. The van der Waals surface area contributed by atoms with E-state index in [2.05, 4.69) is 72.6 Å². The van der Waals surface area contributed by atoms with Crippen LogP contribution in [0.1, 0.15) is 79.1 Å². The lowest BCUT2D eigenvalue weighted by Gasteiger charge is -2.06. The van der Waals surface area contributed by atoms with Gasteiger partial charge in [-0.1, -0.05) is 78.1 Å². The van der Waals surface area contributed by atoms with E-state index in [9.17, 15) is 9.59 Å². The topological polar surface area (TPSA) is 82.3 Å². The molecule has 30 heavy (non-hydrogen) atoms. The van der Waals surface area contributed by atoms with Gasteiger partial charge in [0, 0.05) is 13.1 Å². The van der Waals surface area contributed by atoms with Gasteiger partial charge in [0.05, 0.1) is 13.1 Å². The van der Waals surface area contributed by atoms with E-state index in [-0.39, 0.29) is 25.2 Å². The van der Waals surface area contributed by atoms with E-state index in [0.29, 0.717) is 13.1 Å². The molecular formula is C24H42N4O2. The Morgan fingerprint density at radius 3 is 1.37 bits per heavy atom. The van der Waals surface area contributed by atoms with Crippen LogP contribution in [0.2, 0.25) is 0 Å². The molecule has 0 spiro atoms. The lowest BCUT2D eigenvalue weighted by Crippen LogP contribution is -2.36. The van der Waals surface area contributed by atoms with Crippen LogP contribution in [0.15, 0.2) is 0 Å². The van der Waals surface area contributed by atoms with Crippen molar-refractivity contribution in [1.82, 2.24) is 21.3 Å². The molecule has 0 bridgehead atoms. The van der Waals surface area contributed by atoms with E-state index >= 15 is 0 Å². The zero-order chi connectivity index (χ0) is 22.5. The Kier molecular flexibility index (Phi) is 18.4. The summed E-state index contributed by atoms with van der Waals surface area (Å²) >= 11 is 0. The predicted octanol–water partition coefficient (Wildman–Crippen LogP) is 4.02. The minimum absolute atomic E-state index is 0.205. The smallest absolute Gasteiger partial charge is 0.315 e. The van der Waals surface area contributed by atoms with Crippen LogP contribution in [0, 0.1) is 35.5 Å². The molecule has 0 saturated heterocycles. The molecule has 0 heterocycles. The zero-order valence-corrected chi connectivity index (χ0v) is 19.5. The van der Waals surface area contributed by atoms with Crippen molar-refractivity contribution in [2.45, 2.75) is 79.1 Å². The van der Waals surface area contributed by atoms with Gasteiger partial charge in [0.25, 0.3) is 0 Å². The second-order valence-electron chi connectivity index (χ2n) is 8.31. The van der Waals surface area contributed by atoms with Crippen LogP contribution in [-0.4, -0.2) is 38.2 Å². The molecule has 6 heteroatoms. The van der Waals surface area contributed by atoms with E-state index < -0.39 is 0 Å². The summed E-state index contributed by atoms with van der Waals surface area (Å²) in [5.41, 5.74) is 0. The maximum atomic E-state index is 11.6. The number of unbranched alkanes of at least 4 members (excludes halogenated alkanes) is 4. The lowest BCUT2D eigenvalue weighted by atomic mass is 10.1. The van der Waals surface area contributed by atoms with Gasteiger partial charge in [0.1, 0.15) is 0 Å². The summed E-state index contributed by atoms with van der Waals surface area (Å²) in [4.78, 5) is 23.2. The molecule has 0 aliphatic rings. The number of carbonyl (C=O) groups is 2. The summed E-state index contributed by atoms with van der Waals surface area (Å²) in [5, 5.41) is 11.0. The van der Waals surface area contributed by atoms with Gasteiger partial charge in [-0.3, -0.25) is 0 Å². The van der Waals surface area contributed by atoms with E-state index in [1.807, 2.05) is 0 Å². The fourth-order valence-electron chi connectivity index (χ4n) is 2.66. The average molecular weight is 419 g/mol. The Bertz CT molecular complexity index is 527. The van der Waals surface area contributed by atoms with Crippen LogP contribution < -0.4 is 21.3 Å². The average Bonchev–Trinajstić information content (AvgIpc) is 2.68. The first-order chi connectivity index (χ1) is 14.4. The molecule has 0 unspecified atom stereocenters. The van der Waals surface area contributed by atoms with Crippen molar-refractivity contribution in [1.29, 1.82) is 0 Å². The van der Waals surface area contributed by atoms with Gasteiger partial charge in [-0.15, -0.1) is 0 Å². The van der Waals surface area contributed by atoms with Gasteiger partial charge in [0.2, 0.25) is 0 Å². The number of hydrogen-bond donors (Lipinski definition) is 4. The van der Waals surface area contributed by atoms with Crippen LogP contribution in [0.25, 0.3) is 0 Å². The van der Waals surface area contributed by atoms with Crippen molar-refractivity contribution < 1.29 is 9.59 Å². The van der Waals surface area contributed by atoms with Gasteiger partial charge in [-0.2, -0.15) is 0 Å². The molecule has 0 saturated carbocycles. The van der Waals surface area contributed by atoms with Crippen LogP contribution in [0.3, 0.4) is 0 Å². The lowest BCUT2D eigenvalue weighted by molar-refractivity contribution is 0.241. The van der Waals surface area contributed by atoms with Gasteiger partial charge >= 0.3 is 12.1 Å². The highest BCUT2D eigenvalue weighted by molar-refractivity contribution is 5.74. The van der Waals surface area contributed by atoms with Crippen molar-refractivity contribution in [3.05, 3.63) is 0 Å². The third-order valence-electron chi connectivity index (χ3n) is 4.40. The molecule has 6 nitrogen and oxygen atoms in total. The number of rotatable bonds is 14. The Hall–Kier alpha value is -2.34. The van der Waals surface area contributed by atoms with Crippen LogP contribution in [0.4, 0.5) is 9.59 Å². The van der Waals surface area contributed by atoms with Gasteiger partial charge < -0.3 is 21.3 Å². The molecule has 4 amide bonds. The van der Waals surface area contributed by atoms with Gasteiger partial charge in [-0.05, 0) is 36.5 Å². The van der Waals surface area contributed by atoms with E-state index in [1.54, 1.807) is 0 Å². The normalized spacial score (nSPS) is 9.93. The fourth-order valence-corrected chi connectivity index (χ4v) is 2.66. The molecule has 0 aromatic carbocycles. The Balaban J connectivity index is 3.58. The highest BCUT2D eigenvalue weighted by Crippen LogP contribution is 2.07. The van der Waals surface area contributed by atoms with E-state index in [0.717, 1.165) is 37.5 Å². The molecular weight excluding hydrogens is 376 g/mol. The third kappa shape index (κ3) is 22.0. The summed E-state index contributed by atoms with van der Waals surface area (Å²) in [6, 6.07) is -0.410. The number of amides is 4. The standard InChI is InChI=1S/C24H42N4O2/c1-21(2)15-9-7-13-19-27-23(29)25-17-11-5-6-12-18-26-24(30)28-20-14-8-10-16-22(3)4/h21-22H,7-10,13-20H2,1-4H3,(H2,25,27,29)(H2,26,28,30). The highest BCUT2D eigenvalue weighted by atomic mass is 16.2. The molecule has 0 fully saturated rings. The van der Waals surface area contributed by atoms with Crippen LogP contribution in [-0.2, 0) is 0 Å². The molecule has 0 atom stereocenters. The zero-order valence-electron chi connectivity index (χ0n) is 19.5. The third-order valence-corrected chi connectivity index (χ3v) is 4.40. The largest absolute Gasteiger partial charge is 0.338 e. The summed E-state index contributed by atoms with van der Waals surface area (Å²) < 4.78 is 0. The first-order valence-corrected chi connectivity index (χ1v) is 11.4. The Morgan fingerprint density at radius 2 is 1.00 bits per heavy atom. The molecule has 0 aliphatic heterocycles. The van der Waals surface area contributed by atoms with Gasteiger partial charge in [-0.25, -0.2) is 9.59 Å². The van der Waals surface area contributed by atoms with Crippen LogP contribution >= 0.6 is 0 Å². The SMILES string of the molecule is CC(C)CCCCCNC(=O)NCC#CC#CCNC(=O)NCCCCCC(C)C.